The van der Waals surface area contributed by atoms with Crippen LogP contribution in [0.5, 0.6) is 0 Å². The summed E-state index contributed by atoms with van der Waals surface area (Å²) in [7, 11) is 0. The predicted molar refractivity (Wildman–Crippen MR) is 94.2 cm³/mol. The molecule has 0 saturated carbocycles. The minimum absolute atomic E-state index is 0.178. The lowest BCUT2D eigenvalue weighted by Crippen LogP contribution is -2.11. The molecule has 24 heavy (non-hydrogen) atoms. The van der Waals surface area contributed by atoms with Crippen molar-refractivity contribution in [1.82, 2.24) is 0 Å². The van der Waals surface area contributed by atoms with Crippen LogP contribution in [0.1, 0.15) is 25.0 Å². The molecule has 2 amide bonds. The van der Waals surface area contributed by atoms with E-state index in [1.54, 1.807) is 30.3 Å². The molecule has 2 N–H and O–H groups in total. The minimum Gasteiger partial charge on any atom is -0.326 e. The number of nitrogens with one attached hydrogen (secondary N) is 2. The van der Waals surface area contributed by atoms with Crippen molar-refractivity contribution in [2.45, 2.75) is 20.3 Å². The molecule has 2 aromatic rings. The van der Waals surface area contributed by atoms with Crippen molar-refractivity contribution >= 4 is 29.3 Å². The number of carbonyl (C=O) groups is 2. The third-order valence-electron chi connectivity index (χ3n) is 3.34. The lowest BCUT2D eigenvalue weighted by molar-refractivity contribution is -0.114. The number of rotatable bonds is 5. The van der Waals surface area contributed by atoms with E-state index in [4.69, 9.17) is 0 Å². The molecule has 0 bridgehead atoms. The van der Waals surface area contributed by atoms with Crippen LogP contribution in [-0.4, -0.2) is 11.8 Å². The Morgan fingerprint density at radius 1 is 1.12 bits per heavy atom. The summed E-state index contributed by atoms with van der Waals surface area (Å²) in [6.07, 6.45) is 3.63. The monoisotopic (exact) mass is 326 g/mol. The molecule has 0 aliphatic rings. The molecular formula is C19H19FN2O2. The van der Waals surface area contributed by atoms with Crippen LogP contribution >= 0.6 is 0 Å². The second kappa shape index (κ2) is 8.06. The van der Waals surface area contributed by atoms with E-state index in [2.05, 4.69) is 10.6 Å². The van der Waals surface area contributed by atoms with Gasteiger partial charge in [0.05, 0.1) is 0 Å². The molecule has 0 aliphatic heterocycles. The van der Waals surface area contributed by atoms with Gasteiger partial charge in [-0.2, -0.15) is 0 Å². The van der Waals surface area contributed by atoms with Gasteiger partial charge in [-0.1, -0.05) is 25.1 Å². The first kappa shape index (κ1) is 17.4. The Hall–Kier alpha value is -2.95. The van der Waals surface area contributed by atoms with E-state index >= 15 is 0 Å². The molecule has 0 aromatic heterocycles. The molecule has 0 heterocycles. The van der Waals surface area contributed by atoms with Crippen LogP contribution in [0.15, 0.2) is 48.5 Å². The summed E-state index contributed by atoms with van der Waals surface area (Å²) in [6, 6.07) is 11.3. The van der Waals surface area contributed by atoms with Gasteiger partial charge in [-0.05, 0) is 47.9 Å². The minimum atomic E-state index is -0.353. The van der Waals surface area contributed by atoms with Crippen molar-refractivity contribution in [3.8, 4) is 0 Å². The zero-order chi connectivity index (χ0) is 17.5. The fourth-order valence-corrected chi connectivity index (χ4v) is 2.24. The third-order valence-corrected chi connectivity index (χ3v) is 3.34. The van der Waals surface area contributed by atoms with Crippen molar-refractivity contribution in [2.75, 3.05) is 10.6 Å². The van der Waals surface area contributed by atoms with Gasteiger partial charge in [-0.15, -0.1) is 0 Å². The Balaban J connectivity index is 2.13. The van der Waals surface area contributed by atoms with E-state index in [0.717, 1.165) is 12.0 Å². The fourth-order valence-electron chi connectivity index (χ4n) is 2.24. The number of carbonyl (C=O) groups excluding carboxylic acids is 2. The second-order valence-electron chi connectivity index (χ2n) is 5.28. The van der Waals surface area contributed by atoms with Crippen LogP contribution in [0.25, 0.3) is 6.08 Å². The highest BCUT2D eigenvalue weighted by molar-refractivity contribution is 6.03. The molecule has 2 aromatic carbocycles. The van der Waals surface area contributed by atoms with Crippen LogP contribution in [0.3, 0.4) is 0 Å². The second-order valence-corrected chi connectivity index (χ2v) is 5.28. The number of anilines is 2. The molecule has 5 heteroatoms. The molecular weight excluding hydrogens is 307 g/mol. The molecule has 0 unspecified atom stereocenters. The molecule has 0 spiro atoms. The van der Waals surface area contributed by atoms with Crippen molar-refractivity contribution in [3.05, 3.63) is 65.5 Å². The average Bonchev–Trinajstić information content (AvgIpc) is 2.53. The highest BCUT2D eigenvalue weighted by Gasteiger charge is 2.06. The third kappa shape index (κ3) is 5.05. The summed E-state index contributed by atoms with van der Waals surface area (Å²) in [5.41, 5.74) is 2.81. The summed E-state index contributed by atoms with van der Waals surface area (Å²) in [5.74, 6) is -0.856. The van der Waals surface area contributed by atoms with Crippen molar-refractivity contribution in [1.29, 1.82) is 0 Å². The van der Waals surface area contributed by atoms with E-state index in [1.165, 1.54) is 25.1 Å². The van der Waals surface area contributed by atoms with Crippen LogP contribution in [-0.2, 0) is 16.0 Å². The molecule has 124 valence electrons. The fraction of sp³-hybridized carbons (Fsp3) is 0.158. The normalized spacial score (nSPS) is 10.6. The number of hydrogen-bond donors (Lipinski definition) is 2. The molecule has 2 rings (SSSR count). The Bertz CT molecular complexity index is 785. The Morgan fingerprint density at radius 3 is 2.58 bits per heavy atom. The van der Waals surface area contributed by atoms with E-state index in [9.17, 15) is 14.0 Å². The largest absolute Gasteiger partial charge is 0.326 e. The maximum Gasteiger partial charge on any atom is 0.248 e. The first-order chi connectivity index (χ1) is 11.5. The van der Waals surface area contributed by atoms with Gasteiger partial charge >= 0.3 is 0 Å². The SMILES string of the molecule is CCc1ccc(NC(C)=O)cc1NC(=O)/C=C/c1cccc(F)c1. The first-order valence-corrected chi connectivity index (χ1v) is 7.63. The molecule has 0 aliphatic carbocycles. The van der Waals surface area contributed by atoms with Gasteiger partial charge in [0.25, 0.3) is 0 Å². The van der Waals surface area contributed by atoms with Gasteiger partial charge in [0, 0.05) is 24.4 Å². The van der Waals surface area contributed by atoms with Crippen LogP contribution in [0.4, 0.5) is 15.8 Å². The molecule has 0 fully saturated rings. The van der Waals surface area contributed by atoms with Gasteiger partial charge in [-0.25, -0.2) is 4.39 Å². The van der Waals surface area contributed by atoms with Crippen LogP contribution in [0.2, 0.25) is 0 Å². The highest BCUT2D eigenvalue weighted by Crippen LogP contribution is 2.22. The first-order valence-electron chi connectivity index (χ1n) is 7.63. The molecule has 0 saturated heterocycles. The molecule has 4 nitrogen and oxygen atoms in total. The maximum absolute atomic E-state index is 13.1. The van der Waals surface area contributed by atoms with Crippen molar-refractivity contribution < 1.29 is 14.0 Å². The molecule has 0 atom stereocenters. The van der Waals surface area contributed by atoms with Gasteiger partial charge in [-0.3, -0.25) is 9.59 Å². The van der Waals surface area contributed by atoms with Gasteiger partial charge in [0.1, 0.15) is 5.82 Å². The summed E-state index contributed by atoms with van der Waals surface area (Å²) < 4.78 is 13.1. The number of halogens is 1. The summed E-state index contributed by atoms with van der Waals surface area (Å²) in [4.78, 5) is 23.2. The van der Waals surface area contributed by atoms with Crippen molar-refractivity contribution in [3.63, 3.8) is 0 Å². The smallest absolute Gasteiger partial charge is 0.248 e. The highest BCUT2D eigenvalue weighted by atomic mass is 19.1. The zero-order valence-electron chi connectivity index (χ0n) is 13.6. The Morgan fingerprint density at radius 2 is 1.92 bits per heavy atom. The van der Waals surface area contributed by atoms with Crippen LogP contribution in [0, 0.1) is 5.82 Å². The topological polar surface area (TPSA) is 58.2 Å². The van der Waals surface area contributed by atoms with Crippen LogP contribution < -0.4 is 10.6 Å². The molecule has 0 radical (unpaired) electrons. The maximum atomic E-state index is 13.1. The summed E-state index contributed by atoms with van der Waals surface area (Å²) in [6.45, 7) is 3.40. The van der Waals surface area contributed by atoms with Crippen molar-refractivity contribution in [2.24, 2.45) is 0 Å². The van der Waals surface area contributed by atoms with E-state index in [-0.39, 0.29) is 17.6 Å². The van der Waals surface area contributed by atoms with Gasteiger partial charge in [0.2, 0.25) is 11.8 Å². The number of amides is 2. The lowest BCUT2D eigenvalue weighted by Gasteiger charge is -2.11. The standard InChI is InChI=1S/C19H19FN2O2/c1-3-15-8-9-17(21-13(2)23)12-18(15)22-19(24)10-7-14-5-4-6-16(20)11-14/h4-12H,3H2,1-2H3,(H,21,23)(H,22,24)/b10-7+. The zero-order valence-corrected chi connectivity index (χ0v) is 13.6. The number of benzene rings is 2. The number of aryl methyl sites for hydroxylation is 1. The Labute approximate surface area is 140 Å². The lowest BCUT2D eigenvalue weighted by atomic mass is 10.1. The van der Waals surface area contributed by atoms with E-state index in [1.807, 2.05) is 13.0 Å². The average molecular weight is 326 g/mol. The quantitative estimate of drug-likeness (QED) is 0.816. The Kier molecular flexibility index (Phi) is 5.84. The summed E-state index contributed by atoms with van der Waals surface area (Å²) in [5, 5.41) is 5.47. The van der Waals surface area contributed by atoms with Gasteiger partial charge < -0.3 is 10.6 Å². The van der Waals surface area contributed by atoms with Gasteiger partial charge in [0.15, 0.2) is 0 Å². The van der Waals surface area contributed by atoms with E-state index < -0.39 is 0 Å². The number of hydrogen-bond acceptors (Lipinski definition) is 2. The predicted octanol–water partition coefficient (Wildman–Crippen LogP) is 4.00. The van der Waals surface area contributed by atoms with E-state index in [0.29, 0.717) is 16.9 Å². The summed E-state index contributed by atoms with van der Waals surface area (Å²) >= 11 is 0.